The molecule has 150 valence electrons. The van der Waals surface area contributed by atoms with E-state index in [1.807, 2.05) is 35.7 Å². The first-order chi connectivity index (χ1) is 14.0. The van der Waals surface area contributed by atoms with E-state index in [2.05, 4.69) is 5.32 Å². The minimum absolute atomic E-state index is 0.0177. The summed E-state index contributed by atoms with van der Waals surface area (Å²) >= 11 is 7.47. The fourth-order valence-corrected chi connectivity index (χ4v) is 4.04. The van der Waals surface area contributed by atoms with Crippen molar-refractivity contribution in [3.63, 3.8) is 0 Å². The highest BCUT2D eigenvalue weighted by molar-refractivity contribution is 7.15. The molecule has 0 fully saturated rings. The number of ketones is 1. The van der Waals surface area contributed by atoms with Crippen LogP contribution in [0.15, 0.2) is 53.9 Å². The highest BCUT2D eigenvalue weighted by atomic mass is 35.5. The molecule has 2 aromatic carbocycles. The zero-order valence-electron chi connectivity index (χ0n) is 16.0. The average Bonchev–Trinajstić information content (AvgIpc) is 3.17. The molecule has 3 rings (SSSR count). The maximum absolute atomic E-state index is 12.6. The van der Waals surface area contributed by atoms with E-state index in [-0.39, 0.29) is 18.9 Å². The van der Waals surface area contributed by atoms with Crippen LogP contribution in [0.2, 0.25) is 5.02 Å². The molecule has 0 spiro atoms. The normalized spacial score (nSPS) is 10.4. The summed E-state index contributed by atoms with van der Waals surface area (Å²) < 4.78 is 10.3. The van der Waals surface area contributed by atoms with Gasteiger partial charge in [0.2, 0.25) is 0 Å². The number of carbonyl (C=O) groups is 2. The number of halogens is 1. The summed E-state index contributed by atoms with van der Waals surface area (Å²) in [6.45, 7) is 2.05. The fourth-order valence-electron chi connectivity index (χ4n) is 2.83. The lowest BCUT2D eigenvalue weighted by Gasteiger charge is -2.10. The van der Waals surface area contributed by atoms with Crippen LogP contribution in [0.25, 0.3) is 11.1 Å². The number of hydrogen-bond acceptors (Lipinski definition) is 6. The van der Waals surface area contributed by atoms with Crippen molar-refractivity contribution in [1.29, 1.82) is 0 Å². The van der Waals surface area contributed by atoms with Gasteiger partial charge in [-0.2, -0.15) is 0 Å². The van der Waals surface area contributed by atoms with Crippen molar-refractivity contribution in [2.24, 2.45) is 0 Å². The Balaban J connectivity index is 1.83. The second-order valence-corrected chi connectivity index (χ2v) is 7.35. The van der Waals surface area contributed by atoms with Crippen LogP contribution < -0.4 is 10.1 Å². The van der Waals surface area contributed by atoms with Gasteiger partial charge in [0.15, 0.2) is 5.78 Å². The Morgan fingerprint density at radius 3 is 2.55 bits per heavy atom. The van der Waals surface area contributed by atoms with E-state index in [0.29, 0.717) is 26.9 Å². The van der Waals surface area contributed by atoms with Gasteiger partial charge in [0.25, 0.3) is 0 Å². The highest BCUT2D eigenvalue weighted by Crippen LogP contribution is 2.36. The molecule has 0 radical (unpaired) electrons. The summed E-state index contributed by atoms with van der Waals surface area (Å²) in [5, 5.41) is 5.93. The zero-order valence-corrected chi connectivity index (χ0v) is 17.6. The molecule has 0 aliphatic rings. The van der Waals surface area contributed by atoms with Gasteiger partial charge in [-0.1, -0.05) is 41.9 Å². The van der Waals surface area contributed by atoms with Crippen LogP contribution in [-0.4, -0.2) is 32.0 Å². The van der Waals surface area contributed by atoms with E-state index in [0.717, 1.165) is 11.1 Å². The molecular formula is C22H20ClNO4S. The van der Waals surface area contributed by atoms with Crippen LogP contribution in [0, 0.1) is 0 Å². The first-order valence-electron chi connectivity index (χ1n) is 8.99. The Morgan fingerprint density at radius 2 is 1.90 bits per heavy atom. The predicted molar refractivity (Wildman–Crippen MR) is 117 cm³/mol. The second kappa shape index (κ2) is 9.58. The lowest BCUT2D eigenvalue weighted by molar-refractivity contribution is 0.0528. The number of carbonyl (C=O) groups excluding carboxylic acids is 2. The molecule has 3 aromatic rings. The standard InChI is InChI=1S/C22H20ClNO4S/c1-3-28-22(26)20-16(14-7-5-4-6-8-14)13-29-21(20)24-12-18(25)15-9-10-19(27-2)17(23)11-15/h4-11,13,24H,3,12H2,1-2H3. The molecule has 29 heavy (non-hydrogen) atoms. The van der Waals surface area contributed by atoms with E-state index in [4.69, 9.17) is 21.1 Å². The minimum atomic E-state index is -0.421. The molecule has 0 aliphatic carbocycles. The molecule has 0 saturated heterocycles. The number of benzene rings is 2. The second-order valence-electron chi connectivity index (χ2n) is 6.07. The van der Waals surface area contributed by atoms with E-state index in [9.17, 15) is 9.59 Å². The number of ether oxygens (including phenoxy) is 2. The van der Waals surface area contributed by atoms with Crippen LogP contribution in [0.3, 0.4) is 0 Å². The van der Waals surface area contributed by atoms with Gasteiger partial charge in [-0.05, 0) is 30.7 Å². The number of thiophene rings is 1. The van der Waals surface area contributed by atoms with Gasteiger partial charge in [0.1, 0.15) is 16.3 Å². The molecule has 0 unspecified atom stereocenters. The SMILES string of the molecule is CCOC(=O)c1c(-c2ccccc2)csc1NCC(=O)c1ccc(OC)c(Cl)c1. The van der Waals surface area contributed by atoms with Crippen LogP contribution in [-0.2, 0) is 4.74 Å². The first-order valence-corrected chi connectivity index (χ1v) is 10.3. The molecule has 0 atom stereocenters. The molecule has 1 heterocycles. The van der Waals surface area contributed by atoms with Crippen molar-refractivity contribution < 1.29 is 19.1 Å². The van der Waals surface area contributed by atoms with Gasteiger partial charge in [-0.15, -0.1) is 11.3 Å². The number of Topliss-reactive ketones (excluding diaryl/α,β-unsaturated/α-hetero) is 1. The van der Waals surface area contributed by atoms with Gasteiger partial charge in [-0.3, -0.25) is 4.79 Å². The van der Waals surface area contributed by atoms with Crippen molar-refractivity contribution in [2.75, 3.05) is 25.6 Å². The molecule has 1 N–H and O–H groups in total. The van der Waals surface area contributed by atoms with Gasteiger partial charge in [-0.25, -0.2) is 4.79 Å². The molecule has 0 saturated carbocycles. The maximum Gasteiger partial charge on any atom is 0.341 e. The number of esters is 1. The number of nitrogens with one attached hydrogen (secondary N) is 1. The fraction of sp³-hybridized carbons (Fsp3) is 0.182. The first kappa shape index (κ1) is 20.9. The number of methoxy groups -OCH3 is 1. The Labute approximate surface area is 178 Å². The Bertz CT molecular complexity index is 1020. The third-order valence-electron chi connectivity index (χ3n) is 4.24. The topological polar surface area (TPSA) is 64.6 Å². The zero-order chi connectivity index (χ0) is 20.8. The lowest BCUT2D eigenvalue weighted by Crippen LogP contribution is -2.16. The summed E-state index contributed by atoms with van der Waals surface area (Å²) in [7, 11) is 1.52. The monoisotopic (exact) mass is 429 g/mol. The average molecular weight is 430 g/mol. The van der Waals surface area contributed by atoms with Crippen LogP contribution in [0.1, 0.15) is 27.6 Å². The van der Waals surface area contributed by atoms with Gasteiger partial charge in [0, 0.05) is 16.5 Å². The Morgan fingerprint density at radius 1 is 1.14 bits per heavy atom. The summed E-state index contributed by atoms with van der Waals surface area (Å²) in [4.78, 5) is 25.2. The highest BCUT2D eigenvalue weighted by Gasteiger charge is 2.22. The number of anilines is 1. The summed E-state index contributed by atoms with van der Waals surface area (Å²) in [6, 6.07) is 14.5. The van der Waals surface area contributed by atoms with Gasteiger partial charge in [0.05, 0.1) is 25.3 Å². The Kier molecular flexibility index (Phi) is 6.90. The third kappa shape index (κ3) is 4.78. The molecular weight excluding hydrogens is 410 g/mol. The molecule has 5 nitrogen and oxygen atoms in total. The third-order valence-corrected chi connectivity index (χ3v) is 5.47. The lowest BCUT2D eigenvalue weighted by atomic mass is 10.0. The van der Waals surface area contributed by atoms with E-state index >= 15 is 0 Å². The smallest absolute Gasteiger partial charge is 0.341 e. The molecule has 0 bridgehead atoms. The minimum Gasteiger partial charge on any atom is -0.495 e. The molecule has 0 amide bonds. The Hall–Kier alpha value is -2.83. The van der Waals surface area contributed by atoms with Crippen molar-refractivity contribution in [1.82, 2.24) is 0 Å². The quantitative estimate of drug-likeness (QED) is 0.375. The molecule has 7 heteroatoms. The van der Waals surface area contributed by atoms with Crippen LogP contribution in [0.4, 0.5) is 5.00 Å². The summed E-state index contributed by atoms with van der Waals surface area (Å²) in [5.74, 6) is -0.0689. The summed E-state index contributed by atoms with van der Waals surface area (Å²) in [5.41, 5.74) is 2.58. The maximum atomic E-state index is 12.6. The van der Waals surface area contributed by atoms with E-state index in [1.165, 1.54) is 18.4 Å². The van der Waals surface area contributed by atoms with Crippen molar-refractivity contribution >= 4 is 39.7 Å². The van der Waals surface area contributed by atoms with Crippen molar-refractivity contribution in [2.45, 2.75) is 6.92 Å². The van der Waals surface area contributed by atoms with Gasteiger partial charge >= 0.3 is 5.97 Å². The number of rotatable bonds is 8. The number of hydrogen-bond donors (Lipinski definition) is 1. The molecule has 0 aliphatic heterocycles. The molecule has 1 aromatic heterocycles. The largest absolute Gasteiger partial charge is 0.495 e. The van der Waals surface area contributed by atoms with E-state index in [1.54, 1.807) is 25.1 Å². The van der Waals surface area contributed by atoms with Crippen molar-refractivity contribution in [3.8, 4) is 16.9 Å². The summed E-state index contributed by atoms with van der Waals surface area (Å²) in [6.07, 6.45) is 0. The predicted octanol–water partition coefficient (Wildman–Crippen LogP) is 5.55. The van der Waals surface area contributed by atoms with E-state index < -0.39 is 5.97 Å². The van der Waals surface area contributed by atoms with Gasteiger partial charge < -0.3 is 14.8 Å². The van der Waals surface area contributed by atoms with Crippen LogP contribution >= 0.6 is 22.9 Å². The van der Waals surface area contributed by atoms with Crippen molar-refractivity contribution in [3.05, 3.63) is 70.1 Å². The van der Waals surface area contributed by atoms with Crippen LogP contribution in [0.5, 0.6) is 5.75 Å².